The maximum Gasteiger partial charge on any atom is 0.286 e. The number of rotatable bonds is 8. The molecule has 0 fully saturated rings. The minimum absolute atomic E-state index is 0.210. The molecule has 1 rings (SSSR count). The van der Waals surface area contributed by atoms with Crippen LogP contribution in [0.2, 0.25) is 0 Å². The summed E-state index contributed by atoms with van der Waals surface area (Å²) in [4.78, 5) is 11.6. The van der Waals surface area contributed by atoms with Gasteiger partial charge in [0.05, 0.1) is 6.54 Å². The lowest BCUT2D eigenvalue weighted by Crippen LogP contribution is -2.25. The fraction of sp³-hybridized carbons (Fsp3) is 0.615. The molecule has 0 aliphatic heterocycles. The molecule has 5 nitrogen and oxygen atoms in total. The van der Waals surface area contributed by atoms with Gasteiger partial charge < -0.3 is 20.2 Å². The second kappa shape index (κ2) is 7.89. The maximum absolute atomic E-state index is 11.6. The van der Waals surface area contributed by atoms with Crippen molar-refractivity contribution in [2.75, 3.05) is 19.8 Å². The summed E-state index contributed by atoms with van der Waals surface area (Å²) in [5.41, 5.74) is 5.40. The second-order valence-electron chi connectivity index (χ2n) is 4.55. The van der Waals surface area contributed by atoms with Crippen LogP contribution in [0.4, 0.5) is 0 Å². The molecule has 1 aromatic rings. The molecule has 3 N–H and O–H groups in total. The first kappa shape index (κ1) is 14.7. The third-order valence-corrected chi connectivity index (χ3v) is 2.29. The Hall–Kier alpha value is -1.33. The highest BCUT2D eigenvalue weighted by molar-refractivity contribution is 5.91. The van der Waals surface area contributed by atoms with Crippen molar-refractivity contribution >= 4 is 5.91 Å². The van der Waals surface area contributed by atoms with E-state index in [1.165, 1.54) is 0 Å². The molecule has 0 spiro atoms. The van der Waals surface area contributed by atoms with E-state index in [0.29, 0.717) is 37.1 Å². The number of furan rings is 1. The number of hydrogen-bond acceptors (Lipinski definition) is 4. The van der Waals surface area contributed by atoms with Crippen molar-refractivity contribution in [2.45, 2.75) is 26.8 Å². The van der Waals surface area contributed by atoms with Gasteiger partial charge in [0.15, 0.2) is 5.76 Å². The monoisotopic (exact) mass is 254 g/mol. The normalized spacial score (nSPS) is 10.9. The molecule has 102 valence electrons. The number of hydrogen-bond donors (Lipinski definition) is 2. The fourth-order valence-electron chi connectivity index (χ4n) is 1.39. The van der Waals surface area contributed by atoms with Gasteiger partial charge in [0.1, 0.15) is 5.76 Å². The number of amides is 1. The van der Waals surface area contributed by atoms with Crippen LogP contribution in [-0.4, -0.2) is 25.7 Å². The summed E-state index contributed by atoms with van der Waals surface area (Å²) in [7, 11) is 0. The molecular weight excluding hydrogens is 232 g/mol. The predicted octanol–water partition coefficient (Wildman–Crippen LogP) is 1.53. The van der Waals surface area contributed by atoms with Gasteiger partial charge in [0.25, 0.3) is 5.91 Å². The van der Waals surface area contributed by atoms with Crippen LogP contribution in [0.1, 0.15) is 36.6 Å². The van der Waals surface area contributed by atoms with Gasteiger partial charge in [-0.3, -0.25) is 4.79 Å². The van der Waals surface area contributed by atoms with Crippen molar-refractivity contribution in [3.63, 3.8) is 0 Å². The highest BCUT2D eigenvalue weighted by Gasteiger charge is 2.09. The van der Waals surface area contributed by atoms with E-state index in [9.17, 15) is 4.79 Å². The van der Waals surface area contributed by atoms with Crippen LogP contribution >= 0.6 is 0 Å². The zero-order chi connectivity index (χ0) is 13.4. The number of carbonyl (C=O) groups is 1. The summed E-state index contributed by atoms with van der Waals surface area (Å²) in [5, 5.41) is 2.77. The molecule has 0 aromatic carbocycles. The lowest BCUT2D eigenvalue weighted by Gasteiger charge is -2.07. The van der Waals surface area contributed by atoms with Crippen molar-refractivity contribution < 1.29 is 13.9 Å². The van der Waals surface area contributed by atoms with Gasteiger partial charge in [0.2, 0.25) is 0 Å². The van der Waals surface area contributed by atoms with Crippen LogP contribution in [0.3, 0.4) is 0 Å². The fourth-order valence-corrected chi connectivity index (χ4v) is 1.39. The molecule has 0 saturated heterocycles. The van der Waals surface area contributed by atoms with Crippen molar-refractivity contribution in [2.24, 2.45) is 11.7 Å². The van der Waals surface area contributed by atoms with Crippen LogP contribution in [0.25, 0.3) is 0 Å². The Morgan fingerprint density at radius 1 is 1.50 bits per heavy atom. The Morgan fingerprint density at radius 2 is 2.28 bits per heavy atom. The van der Waals surface area contributed by atoms with Crippen LogP contribution in [0.5, 0.6) is 0 Å². The first-order valence-corrected chi connectivity index (χ1v) is 6.28. The van der Waals surface area contributed by atoms with Crippen LogP contribution < -0.4 is 11.1 Å². The molecule has 0 atom stereocenters. The highest BCUT2D eigenvalue weighted by Crippen LogP contribution is 2.06. The van der Waals surface area contributed by atoms with Crippen molar-refractivity contribution in [3.05, 3.63) is 23.7 Å². The first-order chi connectivity index (χ1) is 8.63. The Balaban J connectivity index is 2.13. The molecule has 1 amide bonds. The largest absolute Gasteiger partial charge is 0.455 e. The molecule has 0 radical (unpaired) electrons. The van der Waals surface area contributed by atoms with Crippen molar-refractivity contribution in [1.82, 2.24) is 5.32 Å². The zero-order valence-electron chi connectivity index (χ0n) is 11.1. The number of ether oxygens (including phenoxy) is 1. The molecule has 0 aliphatic carbocycles. The van der Waals surface area contributed by atoms with E-state index in [2.05, 4.69) is 19.2 Å². The van der Waals surface area contributed by atoms with Gasteiger partial charge in [-0.05, 0) is 24.5 Å². The first-order valence-electron chi connectivity index (χ1n) is 6.28. The second-order valence-corrected chi connectivity index (χ2v) is 4.55. The zero-order valence-corrected chi connectivity index (χ0v) is 11.1. The standard InChI is InChI=1S/C13H22N2O3/c1-10(2)9-17-7-3-6-15-13(16)12-5-4-11(8-14)18-12/h4-5,10H,3,6-9,14H2,1-2H3,(H,15,16). The Labute approximate surface area is 108 Å². The summed E-state index contributed by atoms with van der Waals surface area (Å²) in [5.74, 6) is 1.25. The molecule has 0 unspecified atom stereocenters. The van der Waals surface area contributed by atoms with Crippen LogP contribution in [0, 0.1) is 5.92 Å². The minimum atomic E-state index is -0.210. The molecule has 1 heterocycles. The van der Waals surface area contributed by atoms with Crippen LogP contribution in [0.15, 0.2) is 16.5 Å². The van der Waals surface area contributed by atoms with E-state index in [1.54, 1.807) is 12.1 Å². The van der Waals surface area contributed by atoms with E-state index in [-0.39, 0.29) is 5.91 Å². The lowest BCUT2D eigenvalue weighted by molar-refractivity contribution is 0.0899. The quantitative estimate of drug-likeness (QED) is 0.690. The molecule has 0 bridgehead atoms. The molecule has 0 saturated carbocycles. The highest BCUT2D eigenvalue weighted by atomic mass is 16.5. The Kier molecular flexibility index (Phi) is 6.46. The number of nitrogens with one attached hydrogen (secondary N) is 1. The van der Waals surface area contributed by atoms with E-state index < -0.39 is 0 Å². The molecule has 18 heavy (non-hydrogen) atoms. The van der Waals surface area contributed by atoms with Gasteiger partial charge in [-0.2, -0.15) is 0 Å². The van der Waals surface area contributed by atoms with Crippen molar-refractivity contribution in [1.29, 1.82) is 0 Å². The van der Waals surface area contributed by atoms with Crippen LogP contribution in [-0.2, 0) is 11.3 Å². The molecule has 0 aliphatic rings. The smallest absolute Gasteiger partial charge is 0.286 e. The van der Waals surface area contributed by atoms with Gasteiger partial charge in [-0.25, -0.2) is 0 Å². The summed E-state index contributed by atoms with van der Waals surface area (Å²) in [6, 6.07) is 3.34. The molecule has 5 heteroatoms. The average molecular weight is 254 g/mol. The van der Waals surface area contributed by atoms with E-state index in [0.717, 1.165) is 13.0 Å². The lowest BCUT2D eigenvalue weighted by atomic mass is 10.2. The summed E-state index contributed by atoms with van der Waals surface area (Å²) in [6.45, 7) is 6.50. The number of nitrogens with two attached hydrogens (primary N) is 1. The van der Waals surface area contributed by atoms with Crippen molar-refractivity contribution in [3.8, 4) is 0 Å². The van der Waals surface area contributed by atoms with Gasteiger partial charge >= 0.3 is 0 Å². The van der Waals surface area contributed by atoms with E-state index in [1.807, 2.05) is 0 Å². The summed E-state index contributed by atoms with van der Waals surface area (Å²) in [6.07, 6.45) is 0.795. The third kappa shape index (κ3) is 5.33. The summed E-state index contributed by atoms with van der Waals surface area (Å²) < 4.78 is 10.6. The maximum atomic E-state index is 11.6. The van der Waals surface area contributed by atoms with E-state index in [4.69, 9.17) is 14.9 Å². The predicted molar refractivity (Wildman–Crippen MR) is 69.2 cm³/mol. The Bertz CT molecular complexity index is 361. The molecule has 1 aromatic heterocycles. The minimum Gasteiger partial charge on any atom is -0.455 e. The van der Waals surface area contributed by atoms with E-state index >= 15 is 0 Å². The van der Waals surface area contributed by atoms with Gasteiger partial charge in [-0.1, -0.05) is 13.8 Å². The average Bonchev–Trinajstić information content (AvgIpc) is 2.81. The molecular formula is C13H22N2O3. The topological polar surface area (TPSA) is 77.5 Å². The third-order valence-electron chi connectivity index (χ3n) is 2.29. The SMILES string of the molecule is CC(C)COCCCNC(=O)c1ccc(CN)o1. The summed E-state index contributed by atoms with van der Waals surface area (Å²) >= 11 is 0. The Morgan fingerprint density at radius 3 is 2.89 bits per heavy atom. The number of carbonyl (C=O) groups excluding carboxylic acids is 1. The van der Waals surface area contributed by atoms with Gasteiger partial charge in [0, 0.05) is 19.8 Å². The van der Waals surface area contributed by atoms with Gasteiger partial charge in [-0.15, -0.1) is 0 Å².